The van der Waals surface area contributed by atoms with Crippen molar-refractivity contribution in [3.63, 3.8) is 0 Å². The van der Waals surface area contributed by atoms with Gasteiger partial charge < -0.3 is 9.47 Å². The van der Waals surface area contributed by atoms with Crippen molar-refractivity contribution in [2.45, 2.75) is 11.0 Å². The fourth-order valence-electron chi connectivity index (χ4n) is 3.07. The van der Waals surface area contributed by atoms with E-state index in [-0.39, 0.29) is 22.2 Å². The van der Waals surface area contributed by atoms with E-state index in [2.05, 4.69) is 15.6 Å². The number of nitrogens with one attached hydrogen (secondary N) is 3. The van der Waals surface area contributed by atoms with Crippen molar-refractivity contribution < 1.29 is 27.5 Å². The lowest BCUT2D eigenvalue weighted by molar-refractivity contribution is -0.134. The summed E-state index contributed by atoms with van der Waals surface area (Å²) in [5.74, 6) is -0.172. The Morgan fingerprint density at radius 2 is 1.60 bits per heavy atom. The molecule has 180 valence electrons. The predicted octanol–water partition coefficient (Wildman–Crippen LogP) is 3.14. The Kier molecular flexibility index (Phi) is 7.23. The zero-order valence-corrected chi connectivity index (χ0v) is 19.7. The third-order valence-corrected chi connectivity index (χ3v) is 6.56. The van der Waals surface area contributed by atoms with Gasteiger partial charge in [0.2, 0.25) is 6.10 Å². The smallest absolute Gasteiger partial charge is 0.283 e. The molecule has 1 unspecified atom stereocenters. The van der Waals surface area contributed by atoms with Crippen LogP contribution in [0.5, 0.6) is 11.5 Å². The Morgan fingerprint density at radius 1 is 0.914 bits per heavy atom. The highest BCUT2D eigenvalue weighted by Gasteiger charge is 2.27. The molecule has 11 heteroatoms. The number of hydrogen-bond acceptors (Lipinski definition) is 6. The van der Waals surface area contributed by atoms with E-state index in [0.29, 0.717) is 17.1 Å². The first-order chi connectivity index (χ1) is 16.8. The fraction of sp³-hybridized carbons (Fsp3) is 0.0833. The summed E-state index contributed by atoms with van der Waals surface area (Å²) in [5, 5.41) is 0.279. The monoisotopic (exact) mass is 513 g/mol. The molecule has 0 aromatic heterocycles. The second-order valence-corrected chi connectivity index (χ2v) is 9.42. The van der Waals surface area contributed by atoms with Crippen molar-refractivity contribution >= 4 is 45.2 Å². The Bertz CT molecular complexity index is 1380. The van der Waals surface area contributed by atoms with Crippen molar-refractivity contribution in [1.29, 1.82) is 0 Å². The minimum Gasteiger partial charge on any atom is -0.485 e. The lowest BCUT2D eigenvalue weighted by Crippen LogP contribution is -2.50. The quantitative estimate of drug-likeness (QED) is 0.344. The van der Waals surface area contributed by atoms with Crippen LogP contribution in [0.25, 0.3) is 6.08 Å². The number of halogens is 1. The summed E-state index contributed by atoms with van der Waals surface area (Å²) in [7, 11) is -3.84. The Balaban J connectivity index is 1.29. The maximum Gasteiger partial charge on any atom is 0.283 e. The molecule has 1 aliphatic heterocycles. The average Bonchev–Trinajstić information content (AvgIpc) is 2.87. The van der Waals surface area contributed by atoms with Crippen LogP contribution in [0.15, 0.2) is 83.8 Å². The molecule has 0 aliphatic carbocycles. The molecule has 3 N–H and O–H groups in total. The van der Waals surface area contributed by atoms with Crippen LogP contribution in [0.4, 0.5) is 5.69 Å². The first-order valence-corrected chi connectivity index (χ1v) is 12.2. The van der Waals surface area contributed by atoms with Crippen LogP contribution in [-0.4, -0.2) is 32.9 Å². The third-order valence-electron chi connectivity index (χ3n) is 4.85. The minimum atomic E-state index is -3.84. The van der Waals surface area contributed by atoms with Crippen LogP contribution in [0.1, 0.15) is 5.56 Å². The largest absolute Gasteiger partial charge is 0.485 e. The Morgan fingerprint density at radius 3 is 2.34 bits per heavy atom. The molecule has 1 heterocycles. The number of rotatable bonds is 6. The maximum atomic E-state index is 12.6. The summed E-state index contributed by atoms with van der Waals surface area (Å²) in [6.45, 7) is 0.00908. The van der Waals surface area contributed by atoms with Gasteiger partial charge in [0.25, 0.3) is 21.8 Å². The number of hydrazine groups is 1. The second kappa shape index (κ2) is 10.5. The van der Waals surface area contributed by atoms with Gasteiger partial charge in [-0.3, -0.25) is 25.2 Å². The lowest BCUT2D eigenvalue weighted by atomic mass is 10.2. The molecular formula is C24H20ClN3O6S. The van der Waals surface area contributed by atoms with E-state index in [1.807, 2.05) is 0 Å². The van der Waals surface area contributed by atoms with Crippen LogP contribution in [0.2, 0.25) is 5.02 Å². The van der Waals surface area contributed by atoms with Crippen molar-refractivity contribution in [3.05, 3.63) is 89.5 Å². The van der Waals surface area contributed by atoms with Gasteiger partial charge in [0.15, 0.2) is 11.5 Å². The Labute approximate surface area is 206 Å². The molecule has 35 heavy (non-hydrogen) atoms. The number of hydrogen-bond donors (Lipinski definition) is 3. The number of fused-ring (bicyclic) bond motifs is 1. The number of amides is 2. The number of anilines is 1. The topological polar surface area (TPSA) is 123 Å². The molecule has 0 saturated carbocycles. The Hall–Kier alpha value is -4.02. The molecule has 0 radical (unpaired) electrons. The average molecular weight is 514 g/mol. The van der Waals surface area contributed by atoms with Gasteiger partial charge >= 0.3 is 0 Å². The fourth-order valence-corrected chi connectivity index (χ4v) is 4.39. The van der Waals surface area contributed by atoms with Gasteiger partial charge in [-0.1, -0.05) is 48.0 Å². The number of para-hydroxylation sites is 3. The molecule has 0 spiro atoms. The van der Waals surface area contributed by atoms with Gasteiger partial charge in [-0.05, 0) is 48.0 Å². The standard InChI is InChI=1S/C24H20ClN3O6S/c25-18-5-1-2-6-19(18)28-35(31,32)17-12-9-16(10-13-17)11-14-23(29)26-27-24(30)22-15-33-20-7-3-4-8-21(20)34-22/h1-14,22,28H,15H2,(H,26,29)(H,27,30)/b14-11+. The van der Waals surface area contributed by atoms with Gasteiger partial charge in [-0.2, -0.15) is 0 Å². The molecule has 0 saturated heterocycles. The van der Waals surface area contributed by atoms with Gasteiger partial charge in [0.1, 0.15) is 6.61 Å². The number of carbonyl (C=O) groups excluding carboxylic acids is 2. The number of ether oxygens (including phenoxy) is 2. The summed E-state index contributed by atoms with van der Waals surface area (Å²) in [6, 6.07) is 19.3. The van der Waals surface area contributed by atoms with Crippen molar-refractivity contribution in [2.75, 3.05) is 11.3 Å². The molecule has 9 nitrogen and oxygen atoms in total. The summed E-state index contributed by atoms with van der Waals surface area (Å²) in [6.07, 6.45) is 1.75. The van der Waals surface area contributed by atoms with Gasteiger partial charge in [-0.25, -0.2) is 8.42 Å². The normalized spacial score (nSPS) is 14.8. The van der Waals surface area contributed by atoms with Crippen LogP contribution in [0.3, 0.4) is 0 Å². The third kappa shape index (κ3) is 6.11. The summed E-state index contributed by atoms with van der Waals surface area (Å²) in [5.41, 5.74) is 5.39. The lowest BCUT2D eigenvalue weighted by Gasteiger charge is -2.25. The number of carbonyl (C=O) groups is 2. The highest BCUT2D eigenvalue weighted by atomic mass is 35.5. The molecular weight excluding hydrogens is 494 g/mol. The molecule has 0 fully saturated rings. The van der Waals surface area contributed by atoms with E-state index in [1.54, 1.807) is 48.5 Å². The van der Waals surface area contributed by atoms with E-state index < -0.39 is 27.9 Å². The zero-order valence-electron chi connectivity index (χ0n) is 18.1. The number of benzene rings is 3. The second-order valence-electron chi connectivity index (χ2n) is 7.33. The van der Waals surface area contributed by atoms with E-state index in [9.17, 15) is 18.0 Å². The first-order valence-electron chi connectivity index (χ1n) is 10.4. The van der Waals surface area contributed by atoms with Crippen LogP contribution in [-0.2, 0) is 19.6 Å². The summed E-state index contributed by atoms with van der Waals surface area (Å²) < 4.78 is 38.6. The molecule has 3 aromatic rings. The van der Waals surface area contributed by atoms with Gasteiger partial charge in [0, 0.05) is 6.08 Å². The maximum absolute atomic E-state index is 12.6. The van der Waals surface area contributed by atoms with Crippen molar-refractivity contribution in [3.8, 4) is 11.5 Å². The van der Waals surface area contributed by atoms with E-state index in [1.165, 1.54) is 36.4 Å². The van der Waals surface area contributed by atoms with E-state index in [4.69, 9.17) is 21.1 Å². The predicted molar refractivity (Wildman–Crippen MR) is 130 cm³/mol. The SMILES string of the molecule is O=C(/C=C/c1ccc(S(=O)(=O)Nc2ccccc2Cl)cc1)NNC(=O)C1COc2ccccc2O1. The van der Waals surface area contributed by atoms with Gasteiger partial charge in [-0.15, -0.1) is 0 Å². The summed E-state index contributed by atoms with van der Waals surface area (Å²) >= 11 is 6.01. The molecule has 3 aromatic carbocycles. The first kappa shape index (κ1) is 24.1. The highest BCUT2D eigenvalue weighted by Crippen LogP contribution is 2.30. The molecule has 0 bridgehead atoms. The van der Waals surface area contributed by atoms with E-state index in [0.717, 1.165) is 0 Å². The molecule has 1 aliphatic rings. The molecule has 1 atom stereocenters. The zero-order chi connectivity index (χ0) is 24.8. The minimum absolute atomic E-state index is 0.00908. The van der Waals surface area contributed by atoms with Crippen LogP contribution < -0.4 is 25.0 Å². The van der Waals surface area contributed by atoms with Crippen molar-refractivity contribution in [2.24, 2.45) is 0 Å². The molecule has 2 amide bonds. The summed E-state index contributed by atoms with van der Waals surface area (Å²) in [4.78, 5) is 24.3. The van der Waals surface area contributed by atoms with Crippen molar-refractivity contribution in [1.82, 2.24) is 10.9 Å². The number of sulfonamides is 1. The highest BCUT2D eigenvalue weighted by molar-refractivity contribution is 7.92. The van der Waals surface area contributed by atoms with E-state index >= 15 is 0 Å². The van der Waals surface area contributed by atoms with Crippen LogP contribution in [0, 0.1) is 0 Å². The molecule has 4 rings (SSSR count). The van der Waals surface area contributed by atoms with Gasteiger partial charge in [0.05, 0.1) is 15.6 Å². The van der Waals surface area contributed by atoms with Crippen LogP contribution >= 0.6 is 11.6 Å².